The Morgan fingerprint density at radius 2 is 2.11 bits per heavy atom. The molecule has 1 heterocycles. The minimum atomic E-state index is -0.243. The SMILES string of the molecule is CNC(c1cc(C)cc(F)c1)c1cnccc1N. The molecule has 2 aromatic rings. The summed E-state index contributed by atoms with van der Waals surface area (Å²) in [7, 11) is 1.82. The molecule has 3 N–H and O–H groups in total. The number of nitrogens with two attached hydrogens (primary N) is 1. The van der Waals surface area contributed by atoms with Gasteiger partial charge in [-0.2, -0.15) is 0 Å². The number of aromatic nitrogens is 1. The van der Waals surface area contributed by atoms with Crippen molar-refractivity contribution in [3.8, 4) is 0 Å². The number of benzene rings is 1. The topological polar surface area (TPSA) is 50.9 Å². The van der Waals surface area contributed by atoms with Gasteiger partial charge in [0.05, 0.1) is 6.04 Å². The summed E-state index contributed by atoms with van der Waals surface area (Å²) in [5.74, 6) is -0.243. The second kappa shape index (κ2) is 5.14. The molecule has 3 nitrogen and oxygen atoms in total. The summed E-state index contributed by atoms with van der Waals surface area (Å²) in [4.78, 5) is 4.07. The fourth-order valence-electron chi connectivity index (χ4n) is 2.09. The molecule has 1 aromatic heterocycles. The van der Waals surface area contributed by atoms with Gasteiger partial charge in [0.25, 0.3) is 0 Å². The van der Waals surface area contributed by atoms with Crippen LogP contribution in [0, 0.1) is 12.7 Å². The summed E-state index contributed by atoms with van der Waals surface area (Å²) in [5.41, 5.74) is 9.16. The second-order valence-corrected chi connectivity index (χ2v) is 4.29. The van der Waals surface area contributed by atoms with E-state index in [4.69, 9.17) is 5.73 Å². The van der Waals surface area contributed by atoms with Crippen molar-refractivity contribution in [3.05, 3.63) is 59.2 Å². The molecule has 0 saturated carbocycles. The summed E-state index contributed by atoms with van der Waals surface area (Å²) >= 11 is 0. The van der Waals surface area contributed by atoms with Gasteiger partial charge in [-0.15, -0.1) is 0 Å². The number of hydrogen-bond acceptors (Lipinski definition) is 3. The van der Waals surface area contributed by atoms with Crippen LogP contribution in [-0.2, 0) is 0 Å². The highest BCUT2D eigenvalue weighted by Crippen LogP contribution is 2.26. The Morgan fingerprint density at radius 1 is 1.33 bits per heavy atom. The van der Waals surface area contributed by atoms with Gasteiger partial charge in [0.2, 0.25) is 0 Å². The summed E-state index contributed by atoms with van der Waals surface area (Å²) in [5, 5.41) is 3.14. The van der Waals surface area contributed by atoms with Crippen molar-refractivity contribution < 1.29 is 4.39 Å². The lowest BCUT2D eigenvalue weighted by Gasteiger charge is -2.19. The molecule has 0 amide bonds. The predicted molar refractivity (Wildman–Crippen MR) is 70.7 cm³/mol. The van der Waals surface area contributed by atoms with Gasteiger partial charge in [-0.1, -0.05) is 6.07 Å². The van der Waals surface area contributed by atoms with Crippen molar-refractivity contribution in [2.75, 3.05) is 12.8 Å². The van der Waals surface area contributed by atoms with E-state index in [1.54, 1.807) is 18.5 Å². The number of rotatable bonds is 3. The highest BCUT2D eigenvalue weighted by molar-refractivity contribution is 5.49. The van der Waals surface area contributed by atoms with E-state index in [0.29, 0.717) is 5.69 Å². The van der Waals surface area contributed by atoms with E-state index in [1.807, 2.05) is 20.0 Å². The van der Waals surface area contributed by atoms with Crippen LogP contribution >= 0.6 is 0 Å². The fourth-order valence-corrected chi connectivity index (χ4v) is 2.09. The van der Waals surface area contributed by atoms with Crippen LogP contribution in [0.25, 0.3) is 0 Å². The summed E-state index contributed by atoms with van der Waals surface area (Å²) in [6, 6.07) is 6.54. The monoisotopic (exact) mass is 245 g/mol. The Bertz CT molecular complexity index is 534. The molecule has 1 aromatic carbocycles. The summed E-state index contributed by atoms with van der Waals surface area (Å²) in [6.07, 6.45) is 3.35. The molecular formula is C14H16FN3. The number of pyridine rings is 1. The fraction of sp³-hybridized carbons (Fsp3) is 0.214. The normalized spacial score (nSPS) is 12.4. The van der Waals surface area contributed by atoms with Crippen LogP contribution in [0.5, 0.6) is 0 Å². The maximum atomic E-state index is 13.5. The Morgan fingerprint density at radius 3 is 2.72 bits per heavy atom. The van der Waals surface area contributed by atoms with E-state index >= 15 is 0 Å². The summed E-state index contributed by atoms with van der Waals surface area (Å²) < 4.78 is 13.5. The van der Waals surface area contributed by atoms with Crippen molar-refractivity contribution in [2.24, 2.45) is 0 Å². The van der Waals surface area contributed by atoms with Gasteiger partial charge in [-0.3, -0.25) is 4.98 Å². The molecule has 0 bridgehead atoms. The maximum absolute atomic E-state index is 13.5. The first kappa shape index (κ1) is 12.5. The van der Waals surface area contributed by atoms with Gasteiger partial charge in [0.15, 0.2) is 0 Å². The van der Waals surface area contributed by atoms with Crippen molar-refractivity contribution in [2.45, 2.75) is 13.0 Å². The Labute approximate surface area is 106 Å². The quantitative estimate of drug-likeness (QED) is 0.873. The van der Waals surface area contributed by atoms with E-state index in [1.165, 1.54) is 12.1 Å². The van der Waals surface area contributed by atoms with Gasteiger partial charge >= 0.3 is 0 Å². The Balaban J connectivity index is 2.48. The number of anilines is 1. The van der Waals surface area contributed by atoms with Crippen LogP contribution in [0.15, 0.2) is 36.7 Å². The lowest BCUT2D eigenvalue weighted by atomic mass is 9.97. The number of hydrogen-bond donors (Lipinski definition) is 2. The van der Waals surface area contributed by atoms with Crippen LogP contribution in [0.1, 0.15) is 22.7 Å². The molecule has 0 fully saturated rings. The van der Waals surface area contributed by atoms with Gasteiger partial charge in [-0.05, 0) is 43.3 Å². The molecule has 94 valence electrons. The summed E-state index contributed by atoms with van der Waals surface area (Å²) in [6.45, 7) is 1.87. The van der Waals surface area contributed by atoms with Crippen LogP contribution < -0.4 is 11.1 Å². The smallest absolute Gasteiger partial charge is 0.123 e. The van der Waals surface area contributed by atoms with Crippen molar-refractivity contribution in [1.29, 1.82) is 0 Å². The predicted octanol–water partition coefficient (Wildman–Crippen LogP) is 2.42. The van der Waals surface area contributed by atoms with Crippen molar-refractivity contribution in [1.82, 2.24) is 10.3 Å². The van der Waals surface area contributed by atoms with Crippen LogP contribution in [-0.4, -0.2) is 12.0 Å². The number of nitrogen functional groups attached to an aromatic ring is 1. The largest absolute Gasteiger partial charge is 0.398 e. The number of nitrogens with zero attached hydrogens (tertiary/aromatic N) is 1. The van der Waals surface area contributed by atoms with Crippen LogP contribution in [0.2, 0.25) is 0 Å². The molecule has 4 heteroatoms. The number of halogens is 1. The molecule has 2 rings (SSSR count). The molecule has 0 aliphatic rings. The minimum Gasteiger partial charge on any atom is -0.398 e. The first-order valence-electron chi connectivity index (χ1n) is 5.75. The molecule has 0 saturated heterocycles. The third-order valence-corrected chi connectivity index (χ3v) is 2.88. The zero-order valence-electron chi connectivity index (χ0n) is 10.4. The lowest BCUT2D eigenvalue weighted by Crippen LogP contribution is -2.19. The zero-order valence-corrected chi connectivity index (χ0v) is 10.4. The minimum absolute atomic E-state index is 0.159. The van der Waals surface area contributed by atoms with Gasteiger partial charge in [-0.25, -0.2) is 4.39 Å². The lowest BCUT2D eigenvalue weighted by molar-refractivity contribution is 0.615. The third kappa shape index (κ3) is 2.49. The number of aryl methyl sites for hydroxylation is 1. The molecule has 1 atom stereocenters. The number of nitrogens with one attached hydrogen (secondary N) is 1. The average molecular weight is 245 g/mol. The molecule has 0 spiro atoms. The maximum Gasteiger partial charge on any atom is 0.123 e. The zero-order chi connectivity index (χ0) is 13.1. The molecule has 1 unspecified atom stereocenters. The Hall–Kier alpha value is -1.94. The van der Waals surface area contributed by atoms with Gasteiger partial charge < -0.3 is 11.1 Å². The molecular weight excluding hydrogens is 229 g/mol. The highest BCUT2D eigenvalue weighted by atomic mass is 19.1. The van der Waals surface area contributed by atoms with Gasteiger partial charge in [0, 0.05) is 23.6 Å². The van der Waals surface area contributed by atoms with Crippen LogP contribution in [0.4, 0.5) is 10.1 Å². The average Bonchev–Trinajstić information content (AvgIpc) is 2.31. The second-order valence-electron chi connectivity index (χ2n) is 4.29. The van der Waals surface area contributed by atoms with E-state index in [0.717, 1.165) is 16.7 Å². The molecule has 0 aliphatic carbocycles. The van der Waals surface area contributed by atoms with E-state index in [9.17, 15) is 4.39 Å². The molecule has 0 aliphatic heterocycles. The van der Waals surface area contributed by atoms with Crippen molar-refractivity contribution >= 4 is 5.69 Å². The first-order valence-corrected chi connectivity index (χ1v) is 5.75. The molecule has 18 heavy (non-hydrogen) atoms. The Kier molecular flexibility index (Phi) is 3.58. The van der Waals surface area contributed by atoms with E-state index in [2.05, 4.69) is 10.3 Å². The van der Waals surface area contributed by atoms with Crippen molar-refractivity contribution in [3.63, 3.8) is 0 Å². The third-order valence-electron chi connectivity index (χ3n) is 2.88. The first-order chi connectivity index (χ1) is 8.61. The van der Waals surface area contributed by atoms with E-state index in [-0.39, 0.29) is 11.9 Å². The van der Waals surface area contributed by atoms with Gasteiger partial charge in [0.1, 0.15) is 5.82 Å². The molecule has 0 radical (unpaired) electrons. The highest BCUT2D eigenvalue weighted by Gasteiger charge is 2.15. The van der Waals surface area contributed by atoms with E-state index < -0.39 is 0 Å². The standard InChI is InChI=1S/C14H16FN3/c1-9-5-10(7-11(15)6-9)14(17-2)12-8-18-4-3-13(12)16/h3-8,14,17H,1-2H3,(H2,16,18). The van der Waals surface area contributed by atoms with Crippen LogP contribution in [0.3, 0.4) is 0 Å².